The lowest BCUT2D eigenvalue weighted by Crippen LogP contribution is -2.36. The van der Waals surface area contributed by atoms with Gasteiger partial charge in [0.1, 0.15) is 5.76 Å². The highest BCUT2D eigenvalue weighted by Crippen LogP contribution is 2.10. The number of halogens is 1. The molecule has 1 aromatic heterocycles. The number of hydrogen-bond acceptors (Lipinski definition) is 4. The average Bonchev–Trinajstić information content (AvgIpc) is 2.99. The molecule has 1 fully saturated rings. The molecule has 1 amide bonds. The normalized spacial score (nSPS) is 18.3. The molecule has 1 unspecified atom stereocenters. The zero-order chi connectivity index (χ0) is 11.9. The molecule has 1 aliphatic heterocycles. The highest BCUT2D eigenvalue weighted by molar-refractivity contribution is 5.85. The first-order valence-corrected chi connectivity index (χ1v) is 5.96. The third kappa shape index (κ3) is 5.08. The minimum atomic E-state index is -0.0283. The summed E-state index contributed by atoms with van der Waals surface area (Å²) in [4.78, 5) is 11.5. The molecule has 2 rings (SSSR count). The third-order valence-electron chi connectivity index (χ3n) is 2.72. The predicted molar refractivity (Wildman–Crippen MR) is 69.6 cm³/mol. The van der Waals surface area contributed by atoms with E-state index in [0.29, 0.717) is 13.1 Å². The van der Waals surface area contributed by atoms with E-state index in [1.54, 1.807) is 12.3 Å². The van der Waals surface area contributed by atoms with Crippen LogP contribution in [0.25, 0.3) is 0 Å². The summed E-state index contributed by atoms with van der Waals surface area (Å²) in [7, 11) is 0. The highest BCUT2D eigenvalue weighted by Gasteiger charge is 2.14. The Hall–Kier alpha value is -1.04. The minimum Gasteiger partial charge on any atom is -0.467 e. The van der Waals surface area contributed by atoms with E-state index in [-0.39, 0.29) is 24.4 Å². The summed E-state index contributed by atoms with van der Waals surface area (Å²) in [5.41, 5.74) is 0. The van der Waals surface area contributed by atoms with Crippen LogP contribution in [-0.2, 0) is 16.1 Å². The van der Waals surface area contributed by atoms with Gasteiger partial charge in [0.25, 0.3) is 0 Å². The second kappa shape index (κ2) is 8.13. The lowest BCUT2D eigenvalue weighted by molar-refractivity contribution is -0.120. The number of nitrogens with one attached hydrogen (secondary N) is 2. The van der Waals surface area contributed by atoms with E-state index in [9.17, 15) is 4.79 Å². The largest absolute Gasteiger partial charge is 0.467 e. The average molecular weight is 275 g/mol. The maximum atomic E-state index is 11.5. The number of ether oxygens (including phenoxy) is 1. The Morgan fingerprint density at radius 1 is 1.50 bits per heavy atom. The smallest absolute Gasteiger partial charge is 0.234 e. The Bertz CT molecular complexity index is 337. The van der Waals surface area contributed by atoms with Gasteiger partial charge in [-0.15, -0.1) is 12.4 Å². The molecule has 0 spiro atoms. The molecule has 2 N–H and O–H groups in total. The van der Waals surface area contributed by atoms with Gasteiger partial charge in [-0.1, -0.05) is 0 Å². The second-order valence-corrected chi connectivity index (χ2v) is 4.12. The van der Waals surface area contributed by atoms with E-state index in [1.807, 2.05) is 6.07 Å². The van der Waals surface area contributed by atoms with Gasteiger partial charge in [-0.05, 0) is 25.0 Å². The van der Waals surface area contributed by atoms with Crippen molar-refractivity contribution in [1.29, 1.82) is 0 Å². The predicted octanol–water partition coefficient (Wildman–Crippen LogP) is 1.09. The van der Waals surface area contributed by atoms with Crippen molar-refractivity contribution in [3.63, 3.8) is 0 Å². The van der Waals surface area contributed by atoms with Gasteiger partial charge in [0.2, 0.25) is 5.91 Å². The van der Waals surface area contributed by atoms with Crippen molar-refractivity contribution in [2.45, 2.75) is 25.5 Å². The maximum Gasteiger partial charge on any atom is 0.234 e. The molecule has 0 aliphatic carbocycles. The van der Waals surface area contributed by atoms with Crippen LogP contribution in [0.2, 0.25) is 0 Å². The summed E-state index contributed by atoms with van der Waals surface area (Å²) in [6.07, 6.45) is 4.07. The summed E-state index contributed by atoms with van der Waals surface area (Å²) in [5, 5.41) is 5.86. The number of rotatable bonds is 6. The summed E-state index contributed by atoms with van der Waals surface area (Å²) < 4.78 is 10.6. The Balaban J connectivity index is 0.00000162. The van der Waals surface area contributed by atoms with E-state index in [1.165, 1.54) is 0 Å². The fraction of sp³-hybridized carbons (Fsp3) is 0.583. The van der Waals surface area contributed by atoms with Crippen molar-refractivity contribution in [1.82, 2.24) is 10.6 Å². The molecule has 1 atom stereocenters. The quantitative estimate of drug-likeness (QED) is 0.815. The van der Waals surface area contributed by atoms with E-state index >= 15 is 0 Å². The molecule has 1 aliphatic rings. The lowest BCUT2D eigenvalue weighted by Gasteiger charge is -2.10. The topological polar surface area (TPSA) is 63.5 Å². The first-order chi connectivity index (χ1) is 8.34. The van der Waals surface area contributed by atoms with Gasteiger partial charge in [-0.25, -0.2) is 0 Å². The summed E-state index contributed by atoms with van der Waals surface area (Å²) in [6.45, 7) is 2.35. The van der Waals surface area contributed by atoms with Gasteiger partial charge < -0.3 is 19.8 Å². The van der Waals surface area contributed by atoms with Crippen LogP contribution in [0.5, 0.6) is 0 Å². The second-order valence-electron chi connectivity index (χ2n) is 4.12. The van der Waals surface area contributed by atoms with Gasteiger partial charge in [0, 0.05) is 13.2 Å². The van der Waals surface area contributed by atoms with E-state index in [4.69, 9.17) is 9.15 Å². The maximum absolute atomic E-state index is 11.5. The van der Waals surface area contributed by atoms with Crippen molar-refractivity contribution < 1.29 is 13.9 Å². The molecule has 0 bridgehead atoms. The molecule has 0 aromatic carbocycles. The molecule has 2 heterocycles. The van der Waals surface area contributed by atoms with Gasteiger partial charge in [-0.3, -0.25) is 4.79 Å². The van der Waals surface area contributed by atoms with Crippen LogP contribution in [0.1, 0.15) is 18.6 Å². The van der Waals surface area contributed by atoms with Gasteiger partial charge in [0.05, 0.1) is 25.5 Å². The first-order valence-electron chi connectivity index (χ1n) is 5.96. The fourth-order valence-electron chi connectivity index (χ4n) is 1.81. The number of hydrogen-bond donors (Lipinski definition) is 2. The Morgan fingerprint density at radius 3 is 3.06 bits per heavy atom. The SMILES string of the molecule is Cl.O=C(CNCC1CCCO1)NCc1ccco1. The van der Waals surface area contributed by atoms with Crippen LogP contribution in [0.15, 0.2) is 22.8 Å². The van der Waals surface area contributed by atoms with Crippen molar-refractivity contribution in [3.8, 4) is 0 Å². The van der Waals surface area contributed by atoms with Gasteiger partial charge >= 0.3 is 0 Å². The molecule has 18 heavy (non-hydrogen) atoms. The Labute approximate surface area is 113 Å². The van der Waals surface area contributed by atoms with E-state index in [0.717, 1.165) is 31.8 Å². The van der Waals surface area contributed by atoms with Crippen molar-refractivity contribution in [3.05, 3.63) is 24.2 Å². The van der Waals surface area contributed by atoms with E-state index < -0.39 is 0 Å². The van der Waals surface area contributed by atoms with Crippen LogP contribution in [-0.4, -0.2) is 31.7 Å². The molecule has 1 aromatic rings. The van der Waals surface area contributed by atoms with Gasteiger partial charge in [-0.2, -0.15) is 0 Å². The van der Waals surface area contributed by atoms with Crippen molar-refractivity contribution in [2.75, 3.05) is 19.7 Å². The Kier molecular flexibility index (Phi) is 6.78. The summed E-state index contributed by atoms with van der Waals surface area (Å²) in [6, 6.07) is 3.64. The Morgan fingerprint density at radius 2 is 2.39 bits per heavy atom. The third-order valence-corrected chi connectivity index (χ3v) is 2.72. The fourth-order valence-corrected chi connectivity index (χ4v) is 1.81. The minimum absolute atomic E-state index is 0. The first kappa shape index (κ1) is 15.0. The monoisotopic (exact) mass is 274 g/mol. The number of amides is 1. The molecular weight excluding hydrogens is 256 g/mol. The van der Waals surface area contributed by atoms with Crippen molar-refractivity contribution in [2.24, 2.45) is 0 Å². The number of furan rings is 1. The molecular formula is C12H19ClN2O3. The van der Waals surface area contributed by atoms with Crippen LogP contribution in [0.3, 0.4) is 0 Å². The van der Waals surface area contributed by atoms with Gasteiger partial charge in [0.15, 0.2) is 0 Å². The molecule has 5 nitrogen and oxygen atoms in total. The number of carbonyl (C=O) groups is 1. The van der Waals surface area contributed by atoms with Crippen LogP contribution in [0.4, 0.5) is 0 Å². The zero-order valence-electron chi connectivity index (χ0n) is 10.2. The van der Waals surface area contributed by atoms with Crippen molar-refractivity contribution >= 4 is 18.3 Å². The molecule has 0 radical (unpaired) electrons. The number of carbonyl (C=O) groups excluding carboxylic acids is 1. The lowest BCUT2D eigenvalue weighted by atomic mass is 10.2. The standard InChI is InChI=1S/C12H18N2O3.ClH/c15-12(14-8-11-4-2-6-17-11)9-13-7-10-3-1-5-16-10;/h2,4,6,10,13H,1,3,5,7-9H2,(H,14,15);1H. The zero-order valence-corrected chi connectivity index (χ0v) is 11.0. The van der Waals surface area contributed by atoms with Crippen LogP contribution < -0.4 is 10.6 Å². The van der Waals surface area contributed by atoms with Crippen LogP contribution >= 0.6 is 12.4 Å². The molecule has 0 saturated carbocycles. The van der Waals surface area contributed by atoms with E-state index in [2.05, 4.69) is 10.6 Å². The molecule has 102 valence electrons. The molecule has 1 saturated heterocycles. The summed E-state index contributed by atoms with van der Waals surface area (Å²) >= 11 is 0. The highest BCUT2D eigenvalue weighted by atomic mass is 35.5. The summed E-state index contributed by atoms with van der Waals surface area (Å²) in [5.74, 6) is 0.733. The van der Waals surface area contributed by atoms with Crippen LogP contribution in [0, 0.1) is 0 Å². The molecule has 6 heteroatoms.